The lowest BCUT2D eigenvalue weighted by Gasteiger charge is -2.40. The van der Waals surface area contributed by atoms with Crippen LogP contribution in [-0.4, -0.2) is 87.5 Å². The van der Waals surface area contributed by atoms with Crippen molar-refractivity contribution >= 4 is 5.91 Å². The van der Waals surface area contributed by atoms with Gasteiger partial charge in [0.25, 0.3) is 0 Å². The minimum Gasteiger partial charge on any atom is -0.394 e. The van der Waals surface area contributed by atoms with Gasteiger partial charge in [-0.3, -0.25) is 4.79 Å². The summed E-state index contributed by atoms with van der Waals surface area (Å²) in [4.78, 5) is 13.1. The fourth-order valence-electron chi connectivity index (χ4n) is 8.96. The van der Waals surface area contributed by atoms with Gasteiger partial charge >= 0.3 is 0 Å². The first kappa shape index (κ1) is 73.1. The highest BCUT2D eigenvalue weighted by Gasteiger charge is 2.44. The molecule has 448 valence electrons. The van der Waals surface area contributed by atoms with Crippen molar-refractivity contribution in [3.8, 4) is 0 Å². The van der Waals surface area contributed by atoms with Crippen LogP contribution in [0.2, 0.25) is 0 Å². The third-order valence-electron chi connectivity index (χ3n) is 13.9. The van der Waals surface area contributed by atoms with E-state index in [1.54, 1.807) is 6.08 Å². The molecule has 9 nitrogen and oxygen atoms in total. The average molecular weight is 1100 g/mol. The van der Waals surface area contributed by atoms with Crippen molar-refractivity contribution in [1.29, 1.82) is 0 Å². The molecular formula is C70H115NO8. The number of ether oxygens (including phenoxy) is 2. The van der Waals surface area contributed by atoms with Crippen LogP contribution in [0.25, 0.3) is 0 Å². The lowest BCUT2D eigenvalue weighted by Crippen LogP contribution is -2.60. The normalized spacial score (nSPS) is 19.6. The molecule has 0 spiro atoms. The Bertz CT molecular complexity index is 1750. The topological polar surface area (TPSA) is 149 Å². The maximum atomic E-state index is 13.1. The number of aliphatic hydroxyl groups excluding tert-OH is 5. The van der Waals surface area contributed by atoms with Gasteiger partial charge in [0.2, 0.25) is 5.91 Å². The minimum absolute atomic E-state index is 0.197. The van der Waals surface area contributed by atoms with Crippen LogP contribution in [0.4, 0.5) is 0 Å². The first-order chi connectivity index (χ1) is 38.8. The van der Waals surface area contributed by atoms with Crippen LogP contribution in [0.1, 0.15) is 232 Å². The van der Waals surface area contributed by atoms with Crippen LogP contribution in [-0.2, 0) is 14.3 Å². The number of carbonyl (C=O) groups excluding carboxylic acids is 1. The Kier molecular flexibility index (Phi) is 53.0. The van der Waals surface area contributed by atoms with E-state index in [1.165, 1.54) is 96.3 Å². The number of aliphatic hydroxyl groups is 5. The maximum absolute atomic E-state index is 13.1. The quantitative estimate of drug-likeness (QED) is 0.0261. The summed E-state index contributed by atoms with van der Waals surface area (Å²) in [6.07, 6.45) is 82.1. The summed E-state index contributed by atoms with van der Waals surface area (Å²) in [6.45, 7) is 3.63. The summed E-state index contributed by atoms with van der Waals surface area (Å²) in [7, 11) is 0. The molecule has 7 unspecified atom stereocenters. The smallest absolute Gasteiger partial charge is 0.220 e. The predicted octanol–water partition coefficient (Wildman–Crippen LogP) is 16.6. The Morgan fingerprint density at radius 2 is 0.797 bits per heavy atom. The molecule has 0 aromatic rings. The highest BCUT2D eigenvalue weighted by atomic mass is 16.7. The molecule has 1 aliphatic rings. The summed E-state index contributed by atoms with van der Waals surface area (Å²) >= 11 is 0. The van der Waals surface area contributed by atoms with Gasteiger partial charge in [-0.05, 0) is 109 Å². The molecule has 1 amide bonds. The third kappa shape index (κ3) is 46.4. The number of unbranched alkanes of at least 4 members (excludes halogenated alkanes) is 20. The number of allylic oxidation sites excluding steroid dienone is 23. The Morgan fingerprint density at radius 1 is 0.443 bits per heavy atom. The number of nitrogens with one attached hydrogen (secondary N) is 1. The fourth-order valence-corrected chi connectivity index (χ4v) is 8.96. The highest BCUT2D eigenvalue weighted by Crippen LogP contribution is 2.23. The second-order valence-corrected chi connectivity index (χ2v) is 21.1. The van der Waals surface area contributed by atoms with E-state index < -0.39 is 49.5 Å². The average Bonchev–Trinajstić information content (AvgIpc) is 3.46. The minimum atomic E-state index is -1.58. The molecule has 0 aromatic carbocycles. The van der Waals surface area contributed by atoms with Crippen molar-refractivity contribution in [3.63, 3.8) is 0 Å². The summed E-state index contributed by atoms with van der Waals surface area (Å²) in [5, 5.41) is 54.5. The molecule has 9 heteroatoms. The Labute approximate surface area is 483 Å². The molecule has 0 aliphatic carbocycles. The Morgan fingerprint density at radius 3 is 1.22 bits per heavy atom. The summed E-state index contributed by atoms with van der Waals surface area (Å²) < 4.78 is 11.2. The van der Waals surface area contributed by atoms with E-state index in [1.807, 2.05) is 6.08 Å². The zero-order chi connectivity index (χ0) is 57.2. The Hall–Kier alpha value is -3.93. The van der Waals surface area contributed by atoms with Crippen LogP contribution in [0.15, 0.2) is 146 Å². The van der Waals surface area contributed by atoms with Crippen LogP contribution in [0.5, 0.6) is 0 Å². The zero-order valence-corrected chi connectivity index (χ0v) is 49.8. The predicted molar refractivity (Wildman–Crippen MR) is 336 cm³/mol. The van der Waals surface area contributed by atoms with Gasteiger partial charge in [-0.15, -0.1) is 0 Å². The molecule has 1 rings (SSSR count). The van der Waals surface area contributed by atoms with Crippen LogP contribution in [0, 0.1) is 0 Å². The van der Waals surface area contributed by atoms with Crippen molar-refractivity contribution in [3.05, 3.63) is 146 Å². The molecule has 1 aliphatic heterocycles. The van der Waals surface area contributed by atoms with Crippen molar-refractivity contribution in [2.45, 2.75) is 275 Å². The molecule has 1 heterocycles. The van der Waals surface area contributed by atoms with Crippen LogP contribution >= 0.6 is 0 Å². The number of rotatable bonds is 52. The van der Waals surface area contributed by atoms with Crippen molar-refractivity contribution in [1.82, 2.24) is 5.32 Å². The molecule has 7 atom stereocenters. The van der Waals surface area contributed by atoms with E-state index in [9.17, 15) is 30.3 Å². The van der Waals surface area contributed by atoms with E-state index in [-0.39, 0.29) is 12.5 Å². The molecular weight excluding hydrogens is 983 g/mol. The van der Waals surface area contributed by atoms with Crippen LogP contribution in [0.3, 0.4) is 0 Å². The van der Waals surface area contributed by atoms with E-state index >= 15 is 0 Å². The summed E-state index contributed by atoms with van der Waals surface area (Å²) in [6, 6.07) is -0.833. The van der Waals surface area contributed by atoms with Crippen molar-refractivity contribution < 1.29 is 39.8 Å². The molecule has 0 radical (unpaired) electrons. The van der Waals surface area contributed by atoms with Gasteiger partial charge in [0.1, 0.15) is 24.4 Å². The summed E-state index contributed by atoms with van der Waals surface area (Å²) in [5.41, 5.74) is 0. The van der Waals surface area contributed by atoms with Gasteiger partial charge in [0.15, 0.2) is 6.29 Å². The van der Waals surface area contributed by atoms with E-state index in [0.29, 0.717) is 6.42 Å². The molecule has 1 fully saturated rings. The molecule has 0 bridgehead atoms. The number of hydrogen-bond acceptors (Lipinski definition) is 8. The monoisotopic (exact) mass is 1100 g/mol. The van der Waals surface area contributed by atoms with Gasteiger partial charge in [-0.25, -0.2) is 0 Å². The molecule has 1 saturated heterocycles. The fraction of sp³-hybridized carbons (Fsp3) is 0.643. The maximum Gasteiger partial charge on any atom is 0.220 e. The second-order valence-electron chi connectivity index (χ2n) is 21.1. The van der Waals surface area contributed by atoms with Crippen molar-refractivity contribution in [2.24, 2.45) is 0 Å². The standard InChI is InChI=1S/C70H115NO8/c1-3-5-7-9-11-13-15-17-19-20-21-22-23-24-25-26-27-28-29-30-31-32-33-34-35-36-37-38-39-40-41-42-43-44-46-48-50-52-54-56-58-60-66(74)71-63(62-78-70-69(77)68(76)67(75)65(61-72)79-70)64(73)59-57-55-53-51-49-47-45-18-16-14-12-10-8-6-4-2/h5,7,11,13,17,19,21-22,24-25,27-28,30-31,33-34,36-37,39-40,49,51,57,59,63-65,67-70,72-73,75-77H,3-4,6,8-10,12,14-16,18,20,23,26,29,32,35,38,41-48,50,52-56,58,60-62H2,1-2H3,(H,71,74)/b7-5-,13-11-,19-17-,22-21-,25-24-,28-27-,31-30-,34-33-,37-36-,40-39-,51-49+,59-57+. The summed E-state index contributed by atoms with van der Waals surface area (Å²) in [5.74, 6) is -0.197. The van der Waals surface area contributed by atoms with Gasteiger partial charge in [-0.1, -0.05) is 262 Å². The first-order valence-electron chi connectivity index (χ1n) is 31.6. The van der Waals surface area contributed by atoms with Gasteiger partial charge in [-0.2, -0.15) is 0 Å². The second kappa shape index (κ2) is 57.3. The number of amides is 1. The lowest BCUT2D eigenvalue weighted by molar-refractivity contribution is -0.302. The largest absolute Gasteiger partial charge is 0.394 e. The molecule has 6 N–H and O–H groups in total. The van der Waals surface area contributed by atoms with Gasteiger partial charge in [0.05, 0.1) is 25.4 Å². The van der Waals surface area contributed by atoms with Gasteiger partial charge in [0, 0.05) is 6.42 Å². The van der Waals surface area contributed by atoms with E-state index in [0.717, 1.165) is 116 Å². The Balaban J connectivity index is 2.15. The SMILES string of the molecule is CC/C=C\C/C=C\C/C=C\C/C=C\C/C=C\C/C=C\C/C=C\C/C=C\C/C=C\C/C=C\CCCCCCCCCCCCC(=O)NC(COC1OC(CO)C(O)C(O)C1O)C(O)/C=C/CC/C=C/CCCCCCCCCCC. The molecule has 0 saturated carbocycles. The van der Waals surface area contributed by atoms with Crippen LogP contribution < -0.4 is 5.32 Å². The van der Waals surface area contributed by atoms with Crippen molar-refractivity contribution in [2.75, 3.05) is 13.2 Å². The number of carbonyl (C=O) groups is 1. The molecule has 0 aromatic heterocycles. The van der Waals surface area contributed by atoms with E-state index in [4.69, 9.17) is 9.47 Å². The third-order valence-corrected chi connectivity index (χ3v) is 13.9. The van der Waals surface area contributed by atoms with Gasteiger partial charge < -0.3 is 40.3 Å². The first-order valence-corrected chi connectivity index (χ1v) is 31.6. The highest BCUT2D eigenvalue weighted by molar-refractivity contribution is 5.76. The zero-order valence-electron chi connectivity index (χ0n) is 49.8. The lowest BCUT2D eigenvalue weighted by atomic mass is 9.99. The van der Waals surface area contributed by atoms with E-state index in [2.05, 4.69) is 153 Å². The molecule has 79 heavy (non-hydrogen) atoms. The number of hydrogen-bond donors (Lipinski definition) is 6.